The van der Waals surface area contributed by atoms with Gasteiger partial charge >= 0.3 is 12.1 Å². The van der Waals surface area contributed by atoms with Gasteiger partial charge in [0.05, 0.1) is 35.8 Å². The number of methoxy groups -OCH3 is 1. The highest BCUT2D eigenvalue weighted by atomic mass is 16.6. The van der Waals surface area contributed by atoms with Crippen molar-refractivity contribution in [3.05, 3.63) is 47.9 Å². The fourth-order valence-corrected chi connectivity index (χ4v) is 4.71. The Bertz CT molecular complexity index is 1240. The first-order chi connectivity index (χ1) is 17.2. The maximum atomic E-state index is 12.5. The smallest absolute Gasteiger partial charge is 0.410 e. The van der Waals surface area contributed by atoms with Crippen molar-refractivity contribution in [3.63, 3.8) is 0 Å². The second kappa shape index (κ2) is 10.7. The third kappa shape index (κ3) is 5.69. The van der Waals surface area contributed by atoms with Crippen molar-refractivity contribution < 1.29 is 19.1 Å². The first-order valence-corrected chi connectivity index (χ1v) is 12.7. The number of carbonyl (C=O) groups is 2. The minimum absolute atomic E-state index is 0.241. The summed E-state index contributed by atoms with van der Waals surface area (Å²) in [5.41, 5.74) is 3.67. The third-order valence-corrected chi connectivity index (χ3v) is 6.58. The van der Waals surface area contributed by atoms with E-state index in [0.717, 1.165) is 43.1 Å². The van der Waals surface area contributed by atoms with Gasteiger partial charge in [-0.15, -0.1) is 0 Å². The van der Waals surface area contributed by atoms with Crippen LogP contribution in [0.4, 0.5) is 4.79 Å². The third-order valence-electron chi connectivity index (χ3n) is 6.58. The van der Waals surface area contributed by atoms with Crippen molar-refractivity contribution in [2.45, 2.75) is 71.4 Å². The largest absolute Gasteiger partial charge is 0.465 e. The fraction of sp³-hybridized carbons (Fsp3) is 0.500. The second-order valence-corrected chi connectivity index (χ2v) is 10.4. The molecule has 1 fully saturated rings. The van der Waals surface area contributed by atoms with Gasteiger partial charge in [-0.2, -0.15) is 0 Å². The van der Waals surface area contributed by atoms with E-state index in [1.54, 1.807) is 18.3 Å². The van der Waals surface area contributed by atoms with Gasteiger partial charge in [-0.3, -0.25) is 9.97 Å². The average molecular weight is 493 g/mol. The molecule has 3 aromatic rings. The molecule has 0 unspecified atom stereocenters. The Balaban J connectivity index is 1.64. The lowest BCUT2D eigenvalue weighted by molar-refractivity contribution is 0.0205. The molecule has 4 rings (SSSR count). The Labute approximate surface area is 212 Å². The maximum absolute atomic E-state index is 12.5. The van der Waals surface area contributed by atoms with Crippen LogP contribution in [-0.4, -0.2) is 57.3 Å². The van der Waals surface area contributed by atoms with Crippen LogP contribution in [0.5, 0.6) is 0 Å². The molecule has 8 nitrogen and oxygen atoms in total. The van der Waals surface area contributed by atoms with E-state index in [4.69, 9.17) is 14.5 Å². The van der Waals surface area contributed by atoms with Crippen LogP contribution in [0.3, 0.4) is 0 Å². The summed E-state index contributed by atoms with van der Waals surface area (Å²) in [4.78, 5) is 35.5. The van der Waals surface area contributed by atoms with Crippen molar-refractivity contribution in [2.75, 3.05) is 20.2 Å². The van der Waals surface area contributed by atoms with E-state index in [9.17, 15) is 9.59 Å². The number of amides is 1. The van der Waals surface area contributed by atoms with Gasteiger partial charge in [0.15, 0.2) is 0 Å². The van der Waals surface area contributed by atoms with E-state index in [-0.39, 0.29) is 6.09 Å². The summed E-state index contributed by atoms with van der Waals surface area (Å²) in [6.07, 6.45) is 9.48. The molecule has 3 aromatic heterocycles. The highest BCUT2D eigenvalue weighted by Crippen LogP contribution is 2.36. The summed E-state index contributed by atoms with van der Waals surface area (Å²) >= 11 is 0. The zero-order chi connectivity index (χ0) is 25.9. The number of pyridine rings is 2. The van der Waals surface area contributed by atoms with Crippen molar-refractivity contribution >= 4 is 23.0 Å². The lowest BCUT2D eigenvalue weighted by Gasteiger charge is -2.33. The van der Waals surface area contributed by atoms with E-state index in [2.05, 4.69) is 28.7 Å². The normalized spacial score (nSPS) is 14.8. The van der Waals surface area contributed by atoms with Crippen LogP contribution in [0.25, 0.3) is 22.3 Å². The van der Waals surface area contributed by atoms with Gasteiger partial charge in [-0.05, 0) is 69.7 Å². The molecule has 0 radical (unpaired) electrons. The van der Waals surface area contributed by atoms with Gasteiger partial charge < -0.3 is 18.9 Å². The van der Waals surface area contributed by atoms with Crippen molar-refractivity contribution in [1.82, 2.24) is 19.4 Å². The molecule has 1 amide bonds. The summed E-state index contributed by atoms with van der Waals surface area (Å²) in [5, 5.41) is 1.15. The van der Waals surface area contributed by atoms with Gasteiger partial charge in [0, 0.05) is 37.4 Å². The Morgan fingerprint density at radius 1 is 1.11 bits per heavy atom. The molecule has 192 valence electrons. The van der Waals surface area contributed by atoms with Crippen LogP contribution >= 0.6 is 0 Å². The highest BCUT2D eigenvalue weighted by Gasteiger charge is 2.29. The second-order valence-electron chi connectivity index (χ2n) is 10.4. The van der Waals surface area contributed by atoms with Crippen LogP contribution in [0.15, 0.2) is 36.8 Å². The minimum Gasteiger partial charge on any atom is -0.465 e. The summed E-state index contributed by atoms with van der Waals surface area (Å²) in [6.45, 7) is 10.1. The lowest BCUT2D eigenvalue weighted by Crippen LogP contribution is -2.41. The van der Waals surface area contributed by atoms with Crippen molar-refractivity contribution in [2.24, 2.45) is 0 Å². The van der Waals surface area contributed by atoms with Gasteiger partial charge in [-0.25, -0.2) is 9.59 Å². The minimum atomic E-state index is -0.497. The average Bonchev–Trinajstić information content (AvgIpc) is 3.24. The number of carbonyl (C=O) groups excluding carboxylic acids is 2. The Morgan fingerprint density at radius 3 is 2.50 bits per heavy atom. The number of hydrogen-bond acceptors (Lipinski definition) is 6. The van der Waals surface area contributed by atoms with E-state index >= 15 is 0 Å². The molecular weight excluding hydrogens is 456 g/mol. The van der Waals surface area contributed by atoms with E-state index < -0.39 is 11.6 Å². The number of esters is 1. The SMILES string of the molecule is CCCCn1cc(C2CCN(C(=O)OC(C)(C)C)CC2)c2cc(-c3cc(C(=O)OC)ccn3)ncc21. The molecular formula is C28H36N4O4. The Morgan fingerprint density at radius 2 is 1.83 bits per heavy atom. The zero-order valence-electron chi connectivity index (χ0n) is 21.9. The number of rotatable bonds is 6. The molecule has 0 spiro atoms. The molecule has 36 heavy (non-hydrogen) atoms. The monoisotopic (exact) mass is 492 g/mol. The molecule has 0 atom stereocenters. The van der Waals surface area contributed by atoms with E-state index in [0.29, 0.717) is 36.0 Å². The molecule has 0 N–H and O–H groups in total. The molecule has 0 saturated carbocycles. The first-order valence-electron chi connectivity index (χ1n) is 12.7. The quantitative estimate of drug-likeness (QED) is 0.404. The Hall–Kier alpha value is -3.42. The van der Waals surface area contributed by atoms with Gasteiger partial charge in [0.2, 0.25) is 0 Å². The number of aromatic nitrogens is 3. The molecule has 1 aliphatic heterocycles. The van der Waals surface area contributed by atoms with Crippen LogP contribution < -0.4 is 0 Å². The van der Waals surface area contributed by atoms with E-state index in [1.165, 1.54) is 12.7 Å². The van der Waals surface area contributed by atoms with Crippen LogP contribution in [0.2, 0.25) is 0 Å². The van der Waals surface area contributed by atoms with Crippen LogP contribution in [-0.2, 0) is 16.0 Å². The lowest BCUT2D eigenvalue weighted by atomic mass is 9.89. The number of aryl methyl sites for hydroxylation is 1. The van der Waals surface area contributed by atoms with E-state index in [1.807, 2.05) is 31.9 Å². The van der Waals surface area contributed by atoms with Gasteiger partial charge in [-0.1, -0.05) is 13.3 Å². The summed E-state index contributed by atoms with van der Waals surface area (Å²) in [7, 11) is 1.37. The maximum Gasteiger partial charge on any atom is 0.410 e. The number of hydrogen-bond donors (Lipinski definition) is 0. The molecule has 0 aromatic carbocycles. The number of nitrogens with zero attached hydrogens (tertiary/aromatic N) is 4. The summed E-state index contributed by atoms with van der Waals surface area (Å²) in [6, 6.07) is 5.43. The van der Waals surface area contributed by atoms with Crippen LogP contribution in [0, 0.1) is 0 Å². The summed E-state index contributed by atoms with van der Waals surface area (Å²) in [5.74, 6) is -0.0680. The number of piperidine rings is 1. The van der Waals surface area contributed by atoms with Crippen molar-refractivity contribution in [3.8, 4) is 11.4 Å². The molecule has 0 aliphatic carbocycles. The number of fused-ring (bicyclic) bond motifs is 1. The molecule has 1 saturated heterocycles. The Kier molecular flexibility index (Phi) is 7.62. The first kappa shape index (κ1) is 25.7. The summed E-state index contributed by atoms with van der Waals surface area (Å²) < 4.78 is 12.7. The predicted octanol–water partition coefficient (Wildman–Crippen LogP) is 5.80. The number of ether oxygens (including phenoxy) is 2. The van der Waals surface area contributed by atoms with Gasteiger partial charge in [0.1, 0.15) is 5.60 Å². The van der Waals surface area contributed by atoms with Crippen molar-refractivity contribution in [1.29, 1.82) is 0 Å². The topological polar surface area (TPSA) is 86.5 Å². The number of unbranched alkanes of at least 4 members (excludes halogenated alkanes) is 1. The zero-order valence-corrected chi connectivity index (χ0v) is 21.9. The van der Waals surface area contributed by atoms with Crippen LogP contribution in [0.1, 0.15) is 75.2 Å². The highest BCUT2D eigenvalue weighted by molar-refractivity contribution is 5.91. The molecule has 4 heterocycles. The predicted molar refractivity (Wildman–Crippen MR) is 139 cm³/mol. The van der Waals surface area contributed by atoms with Gasteiger partial charge in [0.25, 0.3) is 0 Å². The standard InChI is InChI=1S/C28H36N4O4/c1-6-7-12-32-18-22(19-9-13-31(14-10-19)27(34)36-28(2,3)4)21-16-24(30-17-25(21)32)23-15-20(8-11-29-23)26(33)35-5/h8,11,15-19H,6-7,9-10,12-14H2,1-5H3. The molecule has 8 heteroatoms. The molecule has 0 bridgehead atoms. The fourth-order valence-electron chi connectivity index (χ4n) is 4.71. The number of likely N-dealkylation sites (tertiary alicyclic amines) is 1. The molecule has 1 aliphatic rings.